The summed E-state index contributed by atoms with van der Waals surface area (Å²) >= 11 is 0. The summed E-state index contributed by atoms with van der Waals surface area (Å²) < 4.78 is 0. The monoisotopic (exact) mass is 188 g/mol. The molecule has 2 rings (SSSR count). The molecule has 0 bridgehead atoms. The van der Waals surface area contributed by atoms with E-state index in [1.807, 2.05) is 24.3 Å². The predicted molar refractivity (Wildman–Crippen MR) is 52.9 cm³/mol. The Balaban J connectivity index is 2.42. The molecule has 0 fully saturated rings. The Morgan fingerprint density at radius 3 is 2.71 bits per heavy atom. The summed E-state index contributed by atoms with van der Waals surface area (Å²) in [5, 5.41) is 13.4. The molecule has 4 heteroatoms. The summed E-state index contributed by atoms with van der Waals surface area (Å²) in [6, 6.07) is 7.57. The number of carboxylic acid groups (broad SMARTS) is 1. The molecular weight excluding hydrogens is 180 g/mol. The number of nitrogens with zero attached hydrogens (tertiary/aromatic N) is 2. The first-order valence-corrected chi connectivity index (χ1v) is 4.11. The highest BCUT2D eigenvalue weighted by molar-refractivity contribution is 5.87. The predicted octanol–water partition coefficient (Wildman–Crippen LogP) is 1.98. The number of hydrazone groups is 1. The highest BCUT2D eigenvalue weighted by atomic mass is 16.4. The summed E-state index contributed by atoms with van der Waals surface area (Å²) in [6.07, 6.45) is 3.58. The van der Waals surface area contributed by atoms with Gasteiger partial charge in [0, 0.05) is 11.8 Å². The largest absolute Gasteiger partial charge is 0.463 e. The molecule has 1 aliphatic heterocycles. The SMILES string of the molecule is O=C(O)N1C=Cc2ccccc2C=N1. The van der Waals surface area contributed by atoms with Gasteiger partial charge in [-0.25, -0.2) is 4.79 Å². The van der Waals surface area contributed by atoms with Gasteiger partial charge in [0.15, 0.2) is 0 Å². The number of amides is 1. The molecule has 0 spiro atoms. The van der Waals surface area contributed by atoms with Crippen LogP contribution in [-0.2, 0) is 0 Å². The molecule has 1 aromatic rings. The lowest BCUT2D eigenvalue weighted by atomic mass is 10.1. The van der Waals surface area contributed by atoms with Gasteiger partial charge in [0.1, 0.15) is 0 Å². The van der Waals surface area contributed by atoms with Crippen molar-refractivity contribution in [3.05, 3.63) is 41.6 Å². The van der Waals surface area contributed by atoms with Crippen LogP contribution in [0.5, 0.6) is 0 Å². The third kappa shape index (κ3) is 1.50. The molecular formula is C10H8N2O2. The molecule has 0 aromatic heterocycles. The van der Waals surface area contributed by atoms with E-state index in [-0.39, 0.29) is 0 Å². The fourth-order valence-electron chi connectivity index (χ4n) is 1.21. The van der Waals surface area contributed by atoms with Crippen molar-refractivity contribution in [2.75, 3.05) is 0 Å². The quantitative estimate of drug-likeness (QED) is 0.676. The van der Waals surface area contributed by atoms with E-state index in [9.17, 15) is 4.79 Å². The third-order valence-electron chi connectivity index (χ3n) is 1.91. The average molecular weight is 188 g/mol. The molecule has 1 amide bonds. The van der Waals surface area contributed by atoms with E-state index in [0.717, 1.165) is 16.1 Å². The van der Waals surface area contributed by atoms with E-state index in [1.54, 1.807) is 6.08 Å². The summed E-state index contributed by atoms with van der Waals surface area (Å²) in [5.41, 5.74) is 1.87. The minimum atomic E-state index is -1.09. The summed E-state index contributed by atoms with van der Waals surface area (Å²) in [5.74, 6) is 0. The standard InChI is InChI=1S/C10H8N2O2/c13-10(14)12-6-5-8-3-1-2-4-9(8)7-11-12/h1-7H,(H,13,14). The zero-order chi connectivity index (χ0) is 9.97. The first-order valence-electron chi connectivity index (χ1n) is 4.11. The van der Waals surface area contributed by atoms with Crippen molar-refractivity contribution in [3.8, 4) is 0 Å². The second-order valence-electron chi connectivity index (χ2n) is 2.82. The van der Waals surface area contributed by atoms with E-state index >= 15 is 0 Å². The van der Waals surface area contributed by atoms with Gasteiger partial charge in [0.2, 0.25) is 0 Å². The zero-order valence-corrected chi connectivity index (χ0v) is 7.29. The first-order chi connectivity index (χ1) is 6.77. The summed E-state index contributed by atoms with van der Waals surface area (Å²) in [6.45, 7) is 0. The van der Waals surface area contributed by atoms with Crippen LogP contribution in [0.25, 0.3) is 6.08 Å². The lowest BCUT2D eigenvalue weighted by molar-refractivity contribution is 0.165. The van der Waals surface area contributed by atoms with Crippen LogP contribution < -0.4 is 0 Å². The lowest BCUT2D eigenvalue weighted by Crippen LogP contribution is -2.16. The zero-order valence-electron chi connectivity index (χ0n) is 7.29. The van der Waals surface area contributed by atoms with Crippen molar-refractivity contribution in [2.45, 2.75) is 0 Å². The number of hydrogen-bond donors (Lipinski definition) is 1. The summed E-state index contributed by atoms with van der Waals surface area (Å²) in [4.78, 5) is 10.6. The number of fused-ring (bicyclic) bond motifs is 1. The van der Waals surface area contributed by atoms with Crippen molar-refractivity contribution in [1.82, 2.24) is 5.01 Å². The first kappa shape index (κ1) is 8.50. The molecule has 70 valence electrons. The van der Waals surface area contributed by atoms with Crippen LogP contribution in [0.3, 0.4) is 0 Å². The Bertz CT molecular complexity index is 391. The van der Waals surface area contributed by atoms with E-state index in [4.69, 9.17) is 5.11 Å². The van der Waals surface area contributed by atoms with Gasteiger partial charge >= 0.3 is 6.09 Å². The number of benzene rings is 1. The Hall–Kier alpha value is -2.10. The topological polar surface area (TPSA) is 52.9 Å². The number of hydrogen-bond acceptors (Lipinski definition) is 2. The second-order valence-corrected chi connectivity index (χ2v) is 2.82. The maximum Gasteiger partial charge on any atom is 0.432 e. The molecule has 4 nitrogen and oxygen atoms in total. The average Bonchev–Trinajstić information content (AvgIpc) is 2.39. The van der Waals surface area contributed by atoms with Crippen molar-refractivity contribution < 1.29 is 9.90 Å². The molecule has 1 N–H and O–H groups in total. The van der Waals surface area contributed by atoms with Crippen molar-refractivity contribution in [2.24, 2.45) is 5.10 Å². The van der Waals surface area contributed by atoms with Crippen molar-refractivity contribution in [1.29, 1.82) is 0 Å². The van der Waals surface area contributed by atoms with E-state index in [0.29, 0.717) is 0 Å². The number of rotatable bonds is 0. The smallest absolute Gasteiger partial charge is 0.432 e. The van der Waals surface area contributed by atoms with Crippen LogP contribution in [0.1, 0.15) is 11.1 Å². The number of carbonyl (C=O) groups is 1. The molecule has 0 unspecified atom stereocenters. The fraction of sp³-hybridized carbons (Fsp3) is 0. The Labute approximate surface area is 80.8 Å². The molecule has 0 atom stereocenters. The molecule has 14 heavy (non-hydrogen) atoms. The Kier molecular flexibility index (Phi) is 2.02. The fourth-order valence-corrected chi connectivity index (χ4v) is 1.21. The Morgan fingerprint density at radius 2 is 2.00 bits per heavy atom. The van der Waals surface area contributed by atoms with Crippen LogP contribution >= 0.6 is 0 Å². The molecule has 0 radical (unpaired) electrons. The van der Waals surface area contributed by atoms with E-state index in [2.05, 4.69) is 5.10 Å². The van der Waals surface area contributed by atoms with Gasteiger partial charge in [-0.15, -0.1) is 0 Å². The van der Waals surface area contributed by atoms with Crippen molar-refractivity contribution in [3.63, 3.8) is 0 Å². The van der Waals surface area contributed by atoms with Crippen LogP contribution in [0.2, 0.25) is 0 Å². The van der Waals surface area contributed by atoms with Crippen LogP contribution in [-0.4, -0.2) is 22.4 Å². The van der Waals surface area contributed by atoms with Gasteiger partial charge in [-0.1, -0.05) is 24.3 Å². The highest BCUT2D eigenvalue weighted by Crippen LogP contribution is 2.12. The van der Waals surface area contributed by atoms with Crippen LogP contribution in [0.15, 0.2) is 35.6 Å². The van der Waals surface area contributed by atoms with Crippen LogP contribution in [0.4, 0.5) is 4.79 Å². The van der Waals surface area contributed by atoms with Gasteiger partial charge in [-0.3, -0.25) is 0 Å². The summed E-state index contributed by atoms with van der Waals surface area (Å²) in [7, 11) is 0. The minimum absolute atomic E-state index is 0.875. The molecule has 0 aliphatic carbocycles. The highest BCUT2D eigenvalue weighted by Gasteiger charge is 2.08. The molecule has 0 saturated heterocycles. The van der Waals surface area contributed by atoms with Gasteiger partial charge in [-0.05, 0) is 11.6 Å². The lowest BCUT2D eigenvalue weighted by Gasteiger charge is -2.03. The van der Waals surface area contributed by atoms with Gasteiger partial charge in [0.25, 0.3) is 0 Å². The Morgan fingerprint density at radius 1 is 1.29 bits per heavy atom. The van der Waals surface area contributed by atoms with E-state index < -0.39 is 6.09 Å². The van der Waals surface area contributed by atoms with Gasteiger partial charge in [-0.2, -0.15) is 10.1 Å². The second kappa shape index (κ2) is 3.33. The molecule has 0 saturated carbocycles. The maximum absolute atomic E-state index is 10.6. The maximum atomic E-state index is 10.6. The third-order valence-corrected chi connectivity index (χ3v) is 1.91. The molecule has 1 aromatic carbocycles. The minimum Gasteiger partial charge on any atom is -0.463 e. The van der Waals surface area contributed by atoms with E-state index in [1.165, 1.54) is 12.4 Å². The van der Waals surface area contributed by atoms with Gasteiger partial charge < -0.3 is 5.11 Å². The van der Waals surface area contributed by atoms with Gasteiger partial charge in [0.05, 0.1) is 6.21 Å². The normalized spacial score (nSPS) is 13.6. The van der Waals surface area contributed by atoms with Crippen LogP contribution in [0, 0.1) is 0 Å². The van der Waals surface area contributed by atoms with Crippen molar-refractivity contribution >= 4 is 18.4 Å². The molecule has 1 heterocycles. The molecule has 1 aliphatic rings.